The molecule has 2 aliphatic rings. The minimum atomic E-state index is 0.233. The molecule has 2 fully saturated rings. The van der Waals surface area contributed by atoms with Gasteiger partial charge in [-0.3, -0.25) is 14.6 Å². The summed E-state index contributed by atoms with van der Waals surface area (Å²) < 4.78 is 0. The topological polar surface area (TPSA) is 26.8 Å². The molecule has 3 heterocycles. The van der Waals surface area contributed by atoms with Crippen molar-refractivity contribution in [1.82, 2.24) is 14.7 Å². The molecule has 2 aliphatic heterocycles. The van der Waals surface area contributed by atoms with Gasteiger partial charge in [0.1, 0.15) is 0 Å². The first-order valence-electron chi connectivity index (χ1n) is 8.29. The molecule has 1 atom stereocenters. The maximum absolute atomic E-state index is 12.1. The SMILES string of the molecule is CN(C)C(=O)CN1CCCC12CCCN(Cc1cccs1)C2. The fraction of sp³-hybridized carbons (Fsp3) is 0.706. The molecule has 0 aliphatic carbocycles. The van der Waals surface area contributed by atoms with Crippen molar-refractivity contribution in [2.45, 2.75) is 37.8 Å². The van der Waals surface area contributed by atoms with Gasteiger partial charge in [0.15, 0.2) is 0 Å². The van der Waals surface area contributed by atoms with Crippen molar-refractivity contribution in [3.05, 3.63) is 22.4 Å². The second-order valence-electron chi connectivity index (χ2n) is 6.93. The summed E-state index contributed by atoms with van der Waals surface area (Å²) in [6.45, 7) is 5.03. The van der Waals surface area contributed by atoms with Gasteiger partial charge in [0.25, 0.3) is 0 Å². The Morgan fingerprint density at radius 1 is 1.32 bits per heavy atom. The lowest BCUT2D eigenvalue weighted by Gasteiger charge is -2.46. The molecule has 1 aromatic heterocycles. The average molecular weight is 321 g/mol. The summed E-state index contributed by atoms with van der Waals surface area (Å²) in [6.07, 6.45) is 4.97. The molecule has 5 heteroatoms. The molecule has 4 nitrogen and oxygen atoms in total. The number of carbonyl (C=O) groups is 1. The van der Waals surface area contributed by atoms with Crippen molar-refractivity contribution in [2.75, 3.05) is 40.3 Å². The molecule has 2 saturated heterocycles. The van der Waals surface area contributed by atoms with Crippen LogP contribution in [0.4, 0.5) is 0 Å². The Hall–Kier alpha value is -0.910. The smallest absolute Gasteiger partial charge is 0.236 e. The van der Waals surface area contributed by atoms with Crippen LogP contribution in [-0.4, -0.2) is 66.4 Å². The highest BCUT2D eigenvalue weighted by atomic mass is 32.1. The summed E-state index contributed by atoms with van der Waals surface area (Å²) in [6, 6.07) is 4.37. The Bertz CT molecular complexity index is 502. The normalized spacial score (nSPS) is 26.6. The Balaban J connectivity index is 1.66. The average Bonchev–Trinajstić information content (AvgIpc) is 3.11. The summed E-state index contributed by atoms with van der Waals surface area (Å²) in [5.74, 6) is 0.233. The van der Waals surface area contributed by atoms with E-state index < -0.39 is 0 Å². The predicted octanol–water partition coefficient (Wildman–Crippen LogP) is 2.27. The first-order valence-corrected chi connectivity index (χ1v) is 9.17. The van der Waals surface area contributed by atoms with E-state index in [2.05, 4.69) is 27.3 Å². The van der Waals surface area contributed by atoms with Crippen molar-refractivity contribution < 1.29 is 4.79 Å². The first-order chi connectivity index (χ1) is 10.6. The zero-order valence-electron chi connectivity index (χ0n) is 13.8. The highest BCUT2D eigenvalue weighted by molar-refractivity contribution is 7.09. The van der Waals surface area contributed by atoms with Crippen molar-refractivity contribution >= 4 is 17.2 Å². The monoisotopic (exact) mass is 321 g/mol. The van der Waals surface area contributed by atoms with Crippen LogP contribution in [0, 0.1) is 0 Å². The summed E-state index contributed by atoms with van der Waals surface area (Å²) in [7, 11) is 3.71. The van der Waals surface area contributed by atoms with Crippen LogP contribution in [0.5, 0.6) is 0 Å². The third-order valence-electron chi connectivity index (χ3n) is 5.16. The maximum atomic E-state index is 12.1. The highest BCUT2D eigenvalue weighted by Crippen LogP contribution is 2.37. The van der Waals surface area contributed by atoms with Crippen LogP contribution < -0.4 is 0 Å². The molecule has 0 bridgehead atoms. The van der Waals surface area contributed by atoms with Crippen LogP contribution in [0.15, 0.2) is 17.5 Å². The van der Waals surface area contributed by atoms with Crippen LogP contribution in [0.1, 0.15) is 30.6 Å². The third-order valence-corrected chi connectivity index (χ3v) is 6.02. The van der Waals surface area contributed by atoms with E-state index in [9.17, 15) is 4.79 Å². The van der Waals surface area contributed by atoms with Crippen LogP contribution in [0.25, 0.3) is 0 Å². The first kappa shape index (κ1) is 16.0. The largest absolute Gasteiger partial charge is 0.348 e. The molecule has 0 radical (unpaired) electrons. The van der Waals surface area contributed by atoms with Gasteiger partial charge in [0.2, 0.25) is 5.91 Å². The zero-order valence-corrected chi connectivity index (χ0v) is 14.6. The molecule has 1 unspecified atom stereocenters. The van der Waals surface area contributed by atoms with Crippen molar-refractivity contribution in [2.24, 2.45) is 0 Å². The number of piperidine rings is 1. The van der Waals surface area contributed by atoms with E-state index in [1.807, 2.05) is 25.4 Å². The Morgan fingerprint density at radius 2 is 2.09 bits per heavy atom. The summed E-state index contributed by atoms with van der Waals surface area (Å²) in [5, 5.41) is 2.16. The number of carbonyl (C=O) groups excluding carboxylic acids is 1. The molecule has 0 aromatic carbocycles. The molecule has 1 aromatic rings. The second-order valence-corrected chi connectivity index (χ2v) is 7.96. The van der Waals surface area contributed by atoms with Gasteiger partial charge in [-0.15, -0.1) is 11.3 Å². The number of hydrogen-bond donors (Lipinski definition) is 0. The standard InChI is InChI=1S/C17H27N3OS/c1-18(2)16(21)13-20-10-5-8-17(20)7-4-9-19(14-17)12-15-6-3-11-22-15/h3,6,11H,4-5,7-10,12-14H2,1-2H3. The van der Waals surface area contributed by atoms with E-state index in [4.69, 9.17) is 0 Å². The number of likely N-dealkylation sites (N-methyl/N-ethyl adjacent to an activating group) is 1. The molecule has 122 valence electrons. The molecule has 22 heavy (non-hydrogen) atoms. The number of rotatable bonds is 4. The van der Waals surface area contributed by atoms with Gasteiger partial charge >= 0.3 is 0 Å². The Morgan fingerprint density at radius 3 is 2.77 bits per heavy atom. The van der Waals surface area contributed by atoms with E-state index in [1.54, 1.807) is 4.90 Å². The van der Waals surface area contributed by atoms with Crippen LogP contribution in [0.2, 0.25) is 0 Å². The van der Waals surface area contributed by atoms with Gasteiger partial charge in [-0.2, -0.15) is 0 Å². The molecule has 1 spiro atoms. The van der Waals surface area contributed by atoms with Crippen molar-refractivity contribution in [3.8, 4) is 0 Å². The van der Waals surface area contributed by atoms with E-state index in [0.29, 0.717) is 6.54 Å². The molecular weight excluding hydrogens is 294 g/mol. The molecule has 1 amide bonds. The minimum Gasteiger partial charge on any atom is -0.348 e. The summed E-state index contributed by atoms with van der Waals surface area (Å²) >= 11 is 1.85. The minimum absolute atomic E-state index is 0.233. The van der Waals surface area contributed by atoms with Crippen molar-refractivity contribution in [3.63, 3.8) is 0 Å². The van der Waals surface area contributed by atoms with Gasteiger partial charge in [-0.25, -0.2) is 0 Å². The number of amides is 1. The lowest BCUT2D eigenvalue weighted by atomic mass is 9.86. The van der Waals surface area contributed by atoms with Gasteiger partial charge in [0, 0.05) is 37.6 Å². The quantitative estimate of drug-likeness (QED) is 0.851. The third kappa shape index (κ3) is 3.36. The van der Waals surface area contributed by atoms with Crippen LogP contribution in [0.3, 0.4) is 0 Å². The van der Waals surface area contributed by atoms with E-state index in [-0.39, 0.29) is 11.4 Å². The van der Waals surface area contributed by atoms with Gasteiger partial charge in [0.05, 0.1) is 6.54 Å². The maximum Gasteiger partial charge on any atom is 0.236 e. The van der Waals surface area contributed by atoms with Crippen LogP contribution >= 0.6 is 11.3 Å². The Kier molecular flexibility index (Phi) is 4.85. The highest BCUT2D eigenvalue weighted by Gasteiger charge is 2.44. The van der Waals surface area contributed by atoms with E-state index >= 15 is 0 Å². The number of thiophene rings is 1. The molecular formula is C17H27N3OS. The van der Waals surface area contributed by atoms with Gasteiger partial charge in [-0.05, 0) is 50.2 Å². The summed E-state index contributed by atoms with van der Waals surface area (Å²) in [5.41, 5.74) is 0.237. The van der Waals surface area contributed by atoms with E-state index in [1.165, 1.54) is 37.1 Å². The molecule has 3 rings (SSSR count). The lowest BCUT2D eigenvalue weighted by molar-refractivity contribution is -0.131. The zero-order chi connectivity index (χ0) is 15.6. The molecule has 0 N–H and O–H groups in total. The fourth-order valence-electron chi connectivity index (χ4n) is 3.97. The lowest BCUT2D eigenvalue weighted by Crippen LogP contribution is -2.57. The number of hydrogen-bond acceptors (Lipinski definition) is 4. The Labute approximate surface area is 137 Å². The van der Waals surface area contributed by atoms with Crippen molar-refractivity contribution in [1.29, 1.82) is 0 Å². The number of nitrogens with zero attached hydrogens (tertiary/aromatic N) is 3. The fourth-order valence-corrected chi connectivity index (χ4v) is 4.72. The predicted molar refractivity (Wildman–Crippen MR) is 91.1 cm³/mol. The van der Waals surface area contributed by atoms with Crippen LogP contribution in [-0.2, 0) is 11.3 Å². The van der Waals surface area contributed by atoms with Gasteiger partial charge < -0.3 is 4.90 Å². The van der Waals surface area contributed by atoms with Gasteiger partial charge in [-0.1, -0.05) is 6.07 Å². The number of likely N-dealkylation sites (tertiary alicyclic amines) is 2. The second kappa shape index (κ2) is 6.69. The summed E-state index contributed by atoms with van der Waals surface area (Å²) in [4.78, 5) is 20.4. The van der Waals surface area contributed by atoms with E-state index in [0.717, 1.165) is 19.6 Å². The molecule has 0 saturated carbocycles.